The second-order valence-corrected chi connectivity index (χ2v) is 9.53. The van der Waals surface area contributed by atoms with Crippen LogP contribution in [-0.2, 0) is 16.1 Å². The van der Waals surface area contributed by atoms with E-state index in [1.807, 2.05) is 12.1 Å². The molecule has 3 heterocycles. The summed E-state index contributed by atoms with van der Waals surface area (Å²) in [6.45, 7) is 0.175. The molecule has 12 heteroatoms. The molecule has 0 aliphatic carbocycles. The van der Waals surface area contributed by atoms with Crippen molar-refractivity contribution in [2.75, 3.05) is 11.1 Å². The van der Waals surface area contributed by atoms with Gasteiger partial charge in [0.1, 0.15) is 16.8 Å². The Labute approximate surface area is 194 Å². The predicted molar refractivity (Wildman–Crippen MR) is 124 cm³/mol. The largest absolute Gasteiger partial charge is 0.467 e. The van der Waals surface area contributed by atoms with E-state index < -0.39 is 5.25 Å². The van der Waals surface area contributed by atoms with Gasteiger partial charge in [-0.3, -0.25) is 19.3 Å². The number of benzene rings is 1. The molecule has 3 amide bonds. The van der Waals surface area contributed by atoms with Crippen molar-refractivity contribution in [1.29, 1.82) is 0 Å². The van der Waals surface area contributed by atoms with Gasteiger partial charge < -0.3 is 15.1 Å². The van der Waals surface area contributed by atoms with Crippen LogP contribution in [0.5, 0.6) is 0 Å². The summed E-state index contributed by atoms with van der Waals surface area (Å²) in [5.74, 6) is 0.865. The van der Waals surface area contributed by atoms with Crippen molar-refractivity contribution < 1.29 is 18.8 Å². The molecule has 31 heavy (non-hydrogen) atoms. The second-order valence-electron chi connectivity index (χ2n) is 6.50. The van der Waals surface area contributed by atoms with E-state index in [4.69, 9.17) is 4.42 Å². The SMILES string of the molecule is O=C(C[C@H]1S/C(=N/N=C2\CSC(=O)N2)N(Cc2ccco2)C1=O)Nc1ccc(Br)cc1. The normalized spacial score (nSPS) is 21.2. The fourth-order valence-electron chi connectivity index (χ4n) is 2.81. The Bertz CT molecular complexity index is 1060. The molecule has 0 saturated carbocycles. The summed E-state index contributed by atoms with van der Waals surface area (Å²) in [7, 11) is 0. The molecular formula is C19H16BrN5O4S2. The third kappa shape index (κ3) is 5.57. The van der Waals surface area contributed by atoms with Crippen molar-refractivity contribution in [3.63, 3.8) is 0 Å². The molecule has 0 radical (unpaired) electrons. The summed E-state index contributed by atoms with van der Waals surface area (Å²) < 4.78 is 6.25. The molecule has 2 aliphatic heterocycles. The molecule has 0 bridgehead atoms. The van der Waals surface area contributed by atoms with Crippen LogP contribution in [0.4, 0.5) is 10.5 Å². The quantitative estimate of drug-likeness (QED) is 0.560. The van der Waals surface area contributed by atoms with E-state index in [1.165, 1.54) is 11.2 Å². The number of thioether (sulfide) groups is 2. The Balaban J connectivity index is 1.48. The van der Waals surface area contributed by atoms with Crippen molar-refractivity contribution in [3.05, 3.63) is 52.9 Å². The van der Waals surface area contributed by atoms with E-state index >= 15 is 0 Å². The third-order valence-electron chi connectivity index (χ3n) is 4.26. The Hall–Kier alpha value is -2.57. The summed E-state index contributed by atoms with van der Waals surface area (Å²) in [6, 6.07) is 10.7. The smallest absolute Gasteiger partial charge is 0.284 e. The zero-order valence-corrected chi connectivity index (χ0v) is 19.1. The van der Waals surface area contributed by atoms with Crippen LogP contribution in [0.25, 0.3) is 0 Å². The first-order valence-corrected chi connectivity index (χ1v) is 11.8. The summed E-state index contributed by atoms with van der Waals surface area (Å²) >= 11 is 5.61. The average molecular weight is 522 g/mol. The highest BCUT2D eigenvalue weighted by molar-refractivity contribution is 9.10. The van der Waals surface area contributed by atoms with E-state index in [9.17, 15) is 14.4 Å². The molecule has 2 fully saturated rings. The van der Waals surface area contributed by atoms with Crippen LogP contribution in [0.2, 0.25) is 0 Å². The molecule has 2 N–H and O–H groups in total. The highest BCUT2D eigenvalue weighted by Crippen LogP contribution is 2.31. The molecule has 2 aliphatic rings. The van der Waals surface area contributed by atoms with Gasteiger partial charge in [-0.05, 0) is 36.4 Å². The van der Waals surface area contributed by atoms with E-state index in [0.717, 1.165) is 28.0 Å². The minimum Gasteiger partial charge on any atom is -0.467 e. The number of nitrogens with zero attached hydrogens (tertiary/aromatic N) is 3. The average Bonchev–Trinajstić information content (AvgIpc) is 3.46. The number of amides is 3. The first kappa shape index (κ1) is 21.7. The van der Waals surface area contributed by atoms with Crippen LogP contribution in [0, 0.1) is 0 Å². The van der Waals surface area contributed by atoms with Crippen molar-refractivity contribution in [1.82, 2.24) is 10.2 Å². The number of rotatable bonds is 6. The fraction of sp³-hybridized carbons (Fsp3) is 0.211. The van der Waals surface area contributed by atoms with E-state index in [-0.39, 0.29) is 30.0 Å². The predicted octanol–water partition coefficient (Wildman–Crippen LogP) is 3.64. The number of furan rings is 1. The lowest BCUT2D eigenvalue weighted by molar-refractivity contribution is -0.128. The Morgan fingerprint density at radius 1 is 1.26 bits per heavy atom. The highest BCUT2D eigenvalue weighted by atomic mass is 79.9. The van der Waals surface area contributed by atoms with Crippen LogP contribution in [0.15, 0.2) is 61.8 Å². The minimum absolute atomic E-state index is 0.0175. The molecule has 160 valence electrons. The highest BCUT2D eigenvalue weighted by Gasteiger charge is 2.40. The lowest BCUT2D eigenvalue weighted by atomic mass is 10.2. The van der Waals surface area contributed by atoms with Gasteiger partial charge >= 0.3 is 0 Å². The van der Waals surface area contributed by atoms with Gasteiger partial charge in [0.2, 0.25) is 11.8 Å². The number of carbonyl (C=O) groups is 3. The molecule has 1 atom stereocenters. The summed E-state index contributed by atoms with van der Waals surface area (Å²) in [5.41, 5.74) is 0.644. The molecule has 2 aromatic rings. The molecule has 1 aromatic heterocycles. The number of hydrogen-bond acceptors (Lipinski definition) is 8. The summed E-state index contributed by atoms with van der Waals surface area (Å²) in [5, 5.41) is 13.1. The molecule has 0 spiro atoms. The molecule has 0 unspecified atom stereocenters. The molecule has 9 nitrogen and oxygen atoms in total. The van der Waals surface area contributed by atoms with Crippen molar-refractivity contribution in [2.45, 2.75) is 18.2 Å². The van der Waals surface area contributed by atoms with Gasteiger partial charge in [-0.1, -0.05) is 39.5 Å². The number of anilines is 1. The Morgan fingerprint density at radius 3 is 2.74 bits per heavy atom. The van der Waals surface area contributed by atoms with Gasteiger partial charge in [-0.2, -0.15) is 0 Å². The topological polar surface area (TPSA) is 116 Å². The maximum atomic E-state index is 13.0. The number of amidine groups is 2. The molecule has 1 aromatic carbocycles. The van der Waals surface area contributed by atoms with Crippen LogP contribution >= 0.6 is 39.5 Å². The van der Waals surface area contributed by atoms with Crippen LogP contribution in [0.3, 0.4) is 0 Å². The van der Waals surface area contributed by atoms with Gasteiger partial charge in [-0.25, -0.2) is 0 Å². The fourth-order valence-corrected chi connectivity index (χ4v) is 4.75. The molecular weight excluding hydrogens is 506 g/mol. The molecule has 2 saturated heterocycles. The number of nitrogens with one attached hydrogen (secondary N) is 2. The lowest BCUT2D eigenvalue weighted by Crippen LogP contribution is -2.33. The Morgan fingerprint density at radius 2 is 2.06 bits per heavy atom. The minimum atomic E-state index is -0.642. The number of hydrogen-bond donors (Lipinski definition) is 2. The first-order chi connectivity index (χ1) is 15.0. The second kappa shape index (κ2) is 9.71. The van der Waals surface area contributed by atoms with Gasteiger partial charge in [0, 0.05) is 16.6 Å². The standard InChI is InChI=1S/C19H16BrN5O4S2/c20-11-3-5-12(6-4-11)21-16(26)8-14-17(27)25(9-13-2-1-7-29-13)18(31-14)24-23-15-10-30-19(28)22-15/h1-7,14H,8-10H2,(H,21,26)(H,22,23,28)/b24-18+/t14-/m1/s1. The lowest BCUT2D eigenvalue weighted by Gasteiger charge is -2.14. The maximum absolute atomic E-state index is 13.0. The zero-order valence-electron chi connectivity index (χ0n) is 15.9. The van der Waals surface area contributed by atoms with Gasteiger partial charge in [-0.15, -0.1) is 10.2 Å². The molecule has 4 rings (SSSR count). The number of halogens is 1. The first-order valence-electron chi connectivity index (χ1n) is 9.12. The van der Waals surface area contributed by atoms with Crippen LogP contribution in [0.1, 0.15) is 12.2 Å². The van der Waals surface area contributed by atoms with Crippen molar-refractivity contribution in [2.24, 2.45) is 10.2 Å². The van der Waals surface area contributed by atoms with Crippen molar-refractivity contribution in [3.8, 4) is 0 Å². The third-order valence-corrected chi connectivity index (χ3v) is 6.73. The summed E-state index contributed by atoms with van der Waals surface area (Å²) in [4.78, 5) is 38.2. The zero-order chi connectivity index (χ0) is 21.8. The van der Waals surface area contributed by atoms with Gasteiger partial charge in [0.25, 0.3) is 5.24 Å². The maximum Gasteiger partial charge on any atom is 0.284 e. The van der Waals surface area contributed by atoms with Crippen molar-refractivity contribution >= 4 is 73.2 Å². The number of carbonyl (C=O) groups excluding carboxylic acids is 3. The van der Waals surface area contributed by atoms with Gasteiger partial charge in [0.05, 0.1) is 18.6 Å². The van der Waals surface area contributed by atoms with Crippen LogP contribution < -0.4 is 10.6 Å². The Kier molecular flexibility index (Phi) is 6.78. The van der Waals surface area contributed by atoms with Gasteiger partial charge in [0.15, 0.2) is 5.17 Å². The van der Waals surface area contributed by atoms with E-state index in [1.54, 1.807) is 24.3 Å². The van der Waals surface area contributed by atoms with E-state index in [2.05, 4.69) is 36.8 Å². The van der Waals surface area contributed by atoms with Crippen LogP contribution in [-0.4, -0.2) is 44.0 Å². The monoisotopic (exact) mass is 521 g/mol. The van der Waals surface area contributed by atoms with E-state index in [0.29, 0.717) is 28.2 Å². The summed E-state index contributed by atoms with van der Waals surface area (Å²) in [6.07, 6.45) is 1.50.